The Balaban J connectivity index is 2.25. The number of hydrogen-bond acceptors (Lipinski definition) is 4. The average Bonchev–Trinajstić information content (AvgIpc) is 2.30. The molecule has 0 bridgehead atoms. The predicted octanol–water partition coefficient (Wildman–Crippen LogP) is -0.458. The Kier molecular flexibility index (Phi) is 5.09. The van der Waals surface area contributed by atoms with Gasteiger partial charge in [0.1, 0.15) is 6.04 Å². The monoisotopic (exact) mass is 237 g/mol. The first kappa shape index (κ1) is 13.1. The zero-order valence-electron chi connectivity index (χ0n) is 9.30. The van der Waals surface area contributed by atoms with Crippen molar-refractivity contribution in [1.82, 2.24) is 10.3 Å². The summed E-state index contributed by atoms with van der Waals surface area (Å²) < 4.78 is 0. The lowest BCUT2D eigenvalue weighted by Crippen LogP contribution is -2.35. The number of carbonyl (C=O) groups is 2. The number of aromatic nitrogens is 1. The van der Waals surface area contributed by atoms with Gasteiger partial charge in [0, 0.05) is 18.9 Å². The lowest BCUT2D eigenvalue weighted by molar-refractivity contribution is -0.138. The van der Waals surface area contributed by atoms with Crippen molar-refractivity contribution in [3.8, 4) is 0 Å². The Morgan fingerprint density at radius 1 is 1.53 bits per heavy atom. The zero-order chi connectivity index (χ0) is 12.7. The molecule has 0 aliphatic rings. The van der Waals surface area contributed by atoms with Gasteiger partial charge in [0.15, 0.2) is 0 Å². The van der Waals surface area contributed by atoms with Gasteiger partial charge in [0.2, 0.25) is 5.91 Å². The van der Waals surface area contributed by atoms with E-state index in [-0.39, 0.29) is 25.3 Å². The fourth-order valence-corrected chi connectivity index (χ4v) is 1.24. The second kappa shape index (κ2) is 6.59. The van der Waals surface area contributed by atoms with Gasteiger partial charge < -0.3 is 16.2 Å². The maximum Gasteiger partial charge on any atom is 0.320 e. The van der Waals surface area contributed by atoms with Gasteiger partial charge in [-0.3, -0.25) is 14.6 Å². The minimum absolute atomic E-state index is 0.171. The van der Waals surface area contributed by atoms with Crippen LogP contribution in [-0.2, 0) is 16.0 Å². The summed E-state index contributed by atoms with van der Waals surface area (Å²) in [6.07, 6.45) is 3.69. The molecule has 92 valence electrons. The summed E-state index contributed by atoms with van der Waals surface area (Å²) in [5.74, 6) is -1.23. The number of carbonyl (C=O) groups excluding carboxylic acids is 1. The molecule has 1 unspecified atom stereocenters. The van der Waals surface area contributed by atoms with Crippen molar-refractivity contribution in [2.75, 3.05) is 6.54 Å². The van der Waals surface area contributed by atoms with Gasteiger partial charge in [0.05, 0.1) is 6.42 Å². The smallest absolute Gasteiger partial charge is 0.320 e. The molecule has 0 aromatic carbocycles. The zero-order valence-corrected chi connectivity index (χ0v) is 9.30. The maximum absolute atomic E-state index is 11.4. The summed E-state index contributed by atoms with van der Waals surface area (Å²) in [6, 6.07) is 2.62. The molecule has 0 aliphatic carbocycles. The highest BCUT2D eigenvalue weighted by atomic mass is 16.4. The Hall–Kier alpha value is -1.95. The molecule has 0 radical (unpaired) electrons. The first-order chi connectivity index (χ1) is 8.09. The summed E-state index contributed by atoms with van der Waals surface area (Å²) in [5.41, 5.74) is 6.11. The molecule has 17 heavy (non-hydrogen) atoms. The standard InChI is InChI=1S/C11H15N3O3/c12-9(11(16)17)3-5-14-10(15)6-8-2-1-4-13-7-8/h1-2,4,7,9H,3,5-6,12H2,(H,14,15)(H,16,17). The predicted molar refractivity (Wildman–Crippen MR) is 61.2 cm³/mol. The van der Waals surface area contributed by atoms with Crippen molar-refractivity contribution in [2.45, 2.75) is 18.9 Å². The molecular formula is C11H15N3O3. The molecule has 1 rings (SSSR count). The number of hydrogen-bond donors (Lipinski definition) is 3. The lowest BCUT2D eigenvalue weighted by atomic mass is 10.2. The van der Waals surface area contributed by atoms with Gasteiger partial charge >= 0.3 is 5.97 Å². The number of amides is 1. The lowest BCUT2D eigenvalue weighted by Gasteiger charge is -2.07. The summed E-state index contributed by atoms with van der Waals surface area (Å²) in [6.45, 7) is 0.257. The molecule has 0 fully saturated rings. The second-order valence-corrected chi connectivity index (χ2v) is 3.62. The number of carboxylic acid groups (broad SMARTS) is 1. The second-order valence-electron chi connectivity index (χ2n) is 3.62. The largest absolute Gasteiger partial charge is 0.480 e. The van der Waals surface area contributed by atoms with Crippen LogP contribution in [0.5, 0.6) is 0 Å². The van der Waals surface area contributed by atoms with Crippen LogP contribution in [0, 0.1) is 0 Å². The fourth-order valence-electron chi connectivity index (χ4n) is 1.24. The normalized spacial score (nSPS) is 11.8. The van der Waals surface area contributed by atoms with E-state index in [9.17, 15) is 9.59 Å². The molecule has 1 heterocycles. The minimum Gasteiger partial charge on any atom is -0.480 e. The number of aliphatic carboxylic acids is 1. The molecule has 6 nitrogen and oxygen atoms in total. The molecule has 0 spiro atoms. The highest BCUT2D eigenvalue weighted by molar-refractivity contribution is 5.78. The molecule has 1 aromatic rings. The van der Waals surface area contributed by atoms with Crippen molar-refractivity contribution in [2.24, 2.45) is 5.73 Å². The molecule has 0 saturated carbocycles. The Labute approximate surface area is 98.8 Å². The van der Waals surface area contributed by atoms with Crippen molar-refractivity contribution in [3.05, 3.63) is 30.1 Å². The van der Waals surface area contributed by atoms with Crippen molar-refractivity contribution in [3.63, 3.8) is 0 Å². The van der Waals surface area contributed by atoms with Crippen LogP contribution in [0.3, 0.4) is 0 Å². The quantitative estimate of drug-likeness (QED) is 0.621. The minimum atomic E-state index is -1.06. The summed E-state index contributed by atoms with van der Waals surface area (Å²) in [7, 11) is 0. The van der Waals surface area contributed by atoms with Gasteiger partial charge in [-0.15, -0.1) is 0 Å². The van der Waals surface area contributed by atoms with E-state index >= 15 is 0 Å². The van der Waals surface area contributed by atoms with E-state index in [1.165, 1.54) is 0 Å². The van der Waals surface area contributed by atoms with Crippen molar-refractivity contribution in [1.29, 1.82) is 0 Å². The van der Waals surface area contributed by atoms with Crippen LogP contribution in [-0.4, -0.2) is 34.6 Å². The maximum atomic E-state index is 11.4. The Morgan fingerprint density at radius 3 is 2.88 bits per heavy atom. The van der Waals surface area contributed by atoms with Gasteiger partial charge in [0.25, 0.3) is 0 Å². The van der Waals surface area contributed by atoms with E-state index in [4.69, 9.17) is 10.8 Å². The van der Waals surface area contributed by atoms with Crippen molar-refractivity contribution < 1.29 is 14.7 Å². The molecule has 1 atom stereocenters. The van der Waals surface area contributed by atoms with Gasteiger partial charge in [-0.05, 0) is 18.1 Å². The number of nitrogens with two attached hydrogens (primary N) is 1. The number of nitrogens with one attached hydrogen (secondary N) is 1. The van der Waals surface area contributed by atoms with Crippen LogP contribution in [0.25, 0.3) is 0 Å². The highest BCUT2D eigenvalue weighted by Crippen LogP contribution is 1.96. The van der Waals surface area contributed by atoms with Crippen LogP contribution >= 0.6 is 0 Å². The molecular weight excluding hydrogens is 222 g/mol. The molecule has 6 heteroatoms. The third-order valence-corrected chi connectivity index (χ3v) is 2.18. The van der Waals surface area contributed by atoms with Crippen LogP contribution in [0.4, 0.5) is 0 Å². The van der Waals surface area contributed by atoms with Gasteiger partial charge in [-0.25, -0.2) is 0 Å². The average molecular weight is 237 g/mol. The summed E-state index contributed by atoms with van der Waals surface area (Å²) in [4.78, 5) is 25.7. The van der Waals surface area contributed by atoms with Gasteiger partial charge in [-0.2, -0.15) is 0 Å². The van der Waals surface area contributed by atoms with Gasteiger partial charge in [-0.1, -0.05) is 6.07 Å². The van der Waals surface area contributed by atoms with Crippen LogP contribution in [0.15, 0.2) is 24.5 Å². The van der Waals surface area contributed by atoms with Crippen LogP contribution < -0.4 is 11.1 Å². The van der Waals surface area contributed by atoms with Crippen LogP contribution in [0.1, 0.15) is 12.0 Å². The number of pyridine rings is 1. The number of carboxylic acids is 1. The molecule has 1 aromatic heterocycles. The van der Waals surface area contributed by atoms with E-state index in [2.05, 4.69) is 10.3 Å². The molecule has 1 amide bonds. The van der Waals surface area contributed by atoms with Crippen LogP contribution in [0.2, 0.25) is 0 Å². The molecule has 0 saturated heterocycles. The fraction of sp³-hybridized carbons (Fsp3) is 0.364. The first-order valence-corrected chi connectivity index (χ1v) is 5.23. The molecule has 4 N–H and O–H groups in total. The van der Waals surface area contributed by atoms with E-state index < -0.39 is 12.0 Å². The highest BCUT2D eigenvalue weighted by Gasteiger charge is 2.11. The van der Waals surface area contributed by atoms with E-state index in [1.807, 2.05) is 0 Å². The van der Waals surface area contributed by atoms with Crippen molar-refractivity contribution >= 4 is 11.9 Å². The van der Waals surface area contributed by atoms with E-state index in [1.54, 1.807) is 24.5 Å². The molecule has 0 aliphatic heterocycles. The van der Waals surface area contributed by atoms with E-state index in [0.29, 0.717) is 0 Å². The summed E-state index contributed by atoms with van der Waals surface area (Å²) >= 11 is 0. The Morgan fingerprint density at radius 2 is 2.29 bits per heavy atom. The third kappa shape index (κ3) is 5.07. The summed E-state index contributed by atoms with van der Waals surface area (Å²) in [5, 5.41) is 11.1. The number of nitrogens with zero attached hydrogens (tertiary/aromatic N) is 1. The van der Waals surface area contributed by atoms with E-state index in [0.717, 1.165) is 5.56 Å². The Bertz CT molecular complexity index is 381. The third-order valence-electron chi connectivity index (χ3n) is 2.18. The topological polar surface area (TPSA) is 105 Å². The SMILES string of the molecule is NC(CCNC(=O)Cc1cccnc1)C(=O)O. The number of rotatable bonds is 6. The first-order valence-electron chi connectivity index (χ1n) is 5.23.